The minimum atomic E-state index is -0.670. The van der Waals surface area contributed by atoms with Gasteiger partial charge in [0.25, 0.3) is 5.91 Å². The van der Waals surface area contributed by atoms with E-state index in [0.717, 1.165) is 5.56 Å². The summed E-state index contributed by atoms with van der Waals surface area (Å²) in [5.41, 5.74) is 0.827. The lowest BCUT2D eigenvalue weighted by Gasteiger charge is -2.29. The molecule has 2 aromatic rings. The first-order valence-electron chi connectivity index (χ1n) is 8.99. The molecular formula is C21H24Cl2N2O3. The third-order valence-electron chi connectivity index (χ3n) is 4.00. The Kier molecular flexibility index (Phi) is 8.15. The number of amides is 2. The summed E-state index contributed by atoms with van der Waals surface area (Å²) in [6.45, 7) is 5.47. The Morgan fingerprint density at radius 2 is 1.68 bits per heavy atom. The van der Waals surface area contributed by atoms with E-state index in [-0.39, 0.29) is 31.0 Å². The van der Waals surface area contributed by atoms with Gasteiger partial charge in [-0.2, -0.15) is 0 Å². The molecule has 0 saturated heterocycles. The number of hydrogen-bond acceptors (Lipinski definition) is 3. The first kappa shape index (κ1) is 22.1. The van der Waals surface area contributed by atoms with Crippen LogP contribution < -0.4 is 10.1 Å². The number of rotatable bonds is 8. The van der Waals surface area contributed by atoms with Gasteiger partial charge in [-0.3, -0.25) is 9.59 Å². The molecule has 2 aromatic carbocycles. The van der Waals surface area contributed by atoms with Crippen molar-refractivity contribution < 1.29 is 14.3 Å². The number of ether oxygens (including phenoxy) is 1. The first-order valence-corrected chi connectivity index (χ1v) is 9.74. The van der Waals surface area contributed by atoms with Crippen LogP contribution in [0.3, 0.4) is 0 Å². The molecule has 0 radical (unpaired) electrons. The van der Waals surface area contributed by atoms with Crippen molar-refractivity contribution in [1.82, 2.24) is 10.2 Å². The number of nitrogens with zero attached hydrogens (tertiary/aromatic N) is 1. The van der Waals surface area contributed by atoms with E-state index in [9.17, 15) is 9.59 Å². The summed E-state index contributed by atoms with van der Waals surface area (Å²) in [5.74, 6) is -0.0534. The molecule has 1 atom stereocenters. The molecule has 28 heavy (non-hydrogen) atoms. The van der Waals surface area contributed by atoms with E-state index >= 15 is 0 Å². The lowest BCUT2D eigenvalue weighted by molar-refractivity contribution is -0.142. The van der Waals surface area contributed by atoms with Gasteiger partial charge in [0, 0.05) is 22.6 Å². The topological polar surface area (TPSA) is 58.6 Å². The molecule has 2 amide bonds. The number of benzene rings is 2. The standard InChI is InChI=1S/C21H24Cl2N2O3/c1-14(2)24-21(27)15(3)25(12-16-6-4-7-17(22)10-16)20(26)13-28-19-9-5-8-18(23)11-19/h4-11,14-15H,12-13H2,1-3H3,(H,24,27)/t15-/m0/s1. The summed E-state index contributed by atoms with van der Waals surface area (Å²) in [5, 5.41) is 3.93. The SMILES string of the molecule is CC(C)NC(=O)[C@H](C)N(Cc1cccc(Cl)c1)C(=O)COc1cccc(Cl)c1. The largest absolute Gasteiger partial charge is 0.484 e. The Bertz CT molecular complexity index is 827. The summed E-state index contributed by atoms with van der Waals surface area (Å²) in [4.78, 5) is 26.8. The van der Waals surface area contributed by atoms with Crippen molar-refractivity contribution in [3.8, 4) is 5.75 Å². The van der Waals surface area contributed by atoms with E-state index in [1.54, 1.807) is 43.3 Å². The number of carbonyl (C=O) groups is 2. The maximum absolute atomic E-state index is 12.9. The quantitative estimate of drug-likeness (QED) is 0.688. The van der Waals surface area contributed by atoms with Crippen molar-refractivity contribution in [2.45, 2.75) is 39.4 Å². The number of hydrogen-bond donors (Lipinski definition) is 1. The van der Waals surface area contributed by atoms with Gasteiger partial charge in [-0.25, -0.2) is 0 Å². The zero-order valence-electron chi connectivity index (χ0n) is 16.1. The van der Waals surface area contributed by atoms with Gasteiger partial charge in [-0.15, -0.1) is 0 Å². The van der Waals surface area contributed by atoms with E-state index in [4.69, 9.17) is 27.9 Å². The molecule has 0 bridgehead atoms. The number of nitrogens with one attached hydrogen (secondary N) is 1. The van der Waals surface area contributed by atoms with Gasteiger partial charge < -0.3 is 15.0 Å². The van der Waals surface area contributed by atoms with Gasteiger partial charge in [0.2, 0.25) is 5.91 Å². The highest BCUT2D eigenvalue weighted by molar-refractivity contribution is 6.30. The molecule has 0 unspecified atom stereocenters. The fraction of sp³-hybridized carbons (Fsp3) is 0.333. The normalized spacial score (nSPS) is 11.8. The van der Waals surface area contributed by atoms with E-state index in [1.165, 1.54) is 4.90 Å². The highest BCUT2D eigenvalue weighted by Crippen LogP contribution is 2.18. The first-order chi connectivity index (χ1) is 13.3. The zero-order valence-corrected chi connectivity index (χ0v) is 17.6. The molecular weight excluding hydrogens is 399 g/mol. The third kappa shape index (κ3) is 6.73. The molecule has 0 fully saturated rings. The van der Waals surface area contributed by atoms with Crippen molar-refractivity contribution in [2.75, 3.05) is 6.61 Å². The number of halogens is 2. The van der Waals surface area contributed by atoms with Crippen LogP contribution in [0.2, 0.25) is 10.0 Å². The van der Waals surface area contributed by atoms with Crippen LogP contribution in [-0.2, 0) is 16.1 Å². The molecule has 1 N–H and O–H groups in total. The molecule has 0 aliphatic rings. The Hall–Kier alpha value is -2.24. The number of carbonyl (C=O) groups excluding carboxylic acids is 2. The molecule has 5 nitrogen and oxygen atoms in total. The average molecular weight is 423 g/mol. The Balaban J connectivity index is 2.15. The van der Waals surface area contributed by atoms with Gasteiger partial charge in [0.15, 0.2) is 6.61 Å². The minimum absolute atomic E-state index is 0.0271. The van der Waals surface area contributed by atoms with E-state index in [2.05, 4.69) is 5.32 Å². The van der Waals surface area contributed by atoms with Crippen LogP contribution in [0.1, 0.15) is 26.3 Å². The van der Waals surface area contributed by atoms with Crippen molar-refractivity contribution in [1.29, 1.82) is 0 Å². The van der Waals surface area contributed by atoms with Gasteiger partial charge in [-0.1, -0.05) is 41.4 Å². The maximum Gasteiger partial charge on any atom is 0.261 e. The van der Waals surface area contributed by atoms with Crippen LogP contribution in [0.15, 0.2) is 48.5 Å². The average Bonchev–Trinajstić information content (AvgIpc) is 2.63. The second-order valence-corrected chi connectivity index (χ2v) is 7.61. The molecule has 0 aliphatic heterocycles. The Morgan fingerprint density at radius 3 is 2.29 bits per heavy atom. The molecule has 0 aliphatic carbocycles. The van der Waals surface area contributed by atoms with Crippen molar-refractivity contribution >= 4 is 35.0 Å². The maximum atomic E-state index is 12.9. The minimum Gasteiger partial charge on any atom is -0.484 e. The fourth-order valence-electron chi connectivity index (χ4n) is 2.60. The van der Waals surface area contributed by atoms with Crippen LogP contribution in [0.25, 0.3) is 0 Å². The van der Waals surface area contributed by atoms with E-state index < -0.39 is 6.04 Å². The smallest absolute Gasteiger partial charge is 0.261 e. The van der Waals surface area contributed by atoms with Crippen LogP contribution >= 0.6 is 23.2 Å². The van der Waals surface area contributed by atoms with E-state index in [1.807, 2.05) is 26.0 Å². The fourth-order valence-corrected chi connectivity index (χ4v) is 3.00. The Morgan fingerprint density at radius 1 is 1.04 bits per heavy atom. The van der Waals surface area contributed by atoms with Crippen molar-refractivity contribution in [2.24, 2.45) is 0 Å². The van der Waals surface area contributed by atoms with Crippen molar-refractivity contribution in [3.05, 3.63) is 64.1 Å². The summed E-state index contributed by atoms with van der Waals surface area (Å²) in [6, 6.07) is 13.3. The Labute approximate surface area is 175 Å². The summed E-state index contributed by atoms with van der Waals surface area (Å²) in [7, 11) is 0. The van der Waals surface area contributed by atoms with Gasteiger partial charge in [-0.05, 0) is 56.7 Å². The van der Waals surface area contributed by atoms with Gasteiger partial charge >= 0.3 is 0 Å². The third-order valence-corrected chi connectivity index (χ3v) is 4.47. The van der Waals surface area contributed by atoms with Crippen LogP contribution in [0, 0.1) is 0 Å². The summed E-state index contributed by atoms with van der Waals surface area (Å²) >= 11 is 12.0. The molecule has 150 valence electrons. The van der Waals surface area contributed by atoms with Crippen LogP contribution in [0.4, 0.5) is 0 Å². The lowest BCUT2D eigenvalue weighted by Crippen LogP contribution is -2.50. The second kappa shape index (κ2) is 10.3. The predicted molar refractivity (Wildman–Crippen MR) is 112 cm³/mol. The predicted octanol–water partition coefficient (Wildman–Crippen LogP) is 4.31. The summed E-state index contributed by atoms with van der Waals surface area (Å²) in [6.07, 6.45) is 0. The van der Waals surface area contributed by atoms with Crippen molar-refractivity contribution in [3.63, 3.8) is 0 Å². The zero-order chi connectivity index (χ0) is 20.7. The van der Waals surface area contributed by atoms with Crippen LogP contribution in [-0.4, -0.2) is 35.4 Å². The molecule has 0 heterocycles. The van der Waals surface area contributed by atoms with Crippen LogP contribution in [0.5, 0.6) is 5.75 Å². The van der Waals surface area contributed by atoms with E-state index in [0.29, 0.717) is 15.8 Å². The molecule has 0 saturated carbocycles. The highest BCUT2D eigenvalue weighted by Gasteiger charge is 2.27. The van der Waals surface area contributed by atoms with Gasteiger partial charge in [0.1, 0.15) is 11.8 Å². The monoisotopic (exact) mass is 422 g/mol. The second-order valence-electron chi connectivity index (χ2n) is 6.74. The molecule has 2 rings (SSSR count). The molecule has 0 spiro atoms. The van der Waals surface area contributed by atoms with Gasteiger partial charge in [0.05, 0.1) is 0 Å². The highest BCUT2D eigenvalue weighted by atomic mass is 35.5. The molecule has 7 heteroatoms. The summed E-state index contributed by atoms with van der Waals surface area (Å²) < 4.78 is 5.57. The molecule has 0 aromatic heterocycles. The lowest BCUT2D eigenvalue weighted by atomic mass is 10.1.